The van der Waals surface area contributed by atoms with Crippen LogP contribution in [0.2, 0.25) is 0 Å². The molecule has 0 amide bonds. The molecule has 2 aliphatic heterocycles. The molecule has 4 heteroatoms. The molecule has 2 aliphatic rings. The lowest BCUT2D eigenvalue weighted by Crippen LogP contribution is -2.33. The zero-order valence-corrected chi connectivity index (χ0v) is 8.70. The topological polar surface area (TPSA) is 40.5 Å². The molecular formula is C10H14ClNO2. The summed E-state index contributed by atoms with van der Waals surface area (Å²) in [6.07, 6.45) is 2.88. The number of fused-ring (bicyclic) bond motifs is 2. The molecule has 2 rings (SSSR count). The molecule has 0 aromatic rings. The van der Waals surface area contributed by atoms with Crippen molar-refractivity contribution < 1.29 is 9.90 Å². The first-order valence-electron chi connectivity index (χ1n) is 4.91. The maximum atomic E-state index is 10.9. The van der Waals surface area contributed by atoms with Crippen molar-refractivity contribution in [2.75, 3.05) is 6.54 Å². The first-order chi connectivity index (χ1) is 6.59. The van der Waals surface area contributed by atoms with Gasteiger partial charge in [-0.15, -0.1) is 0 Å². The molecule has 0 saturated carbocycles. The molecule has 3 atom stereocenters. The Morgan fingerprint density at radius 2 is 2.29 bits per heavy atom. The van der Waals surface area contributed by atoms with Crippen molar-refractivity contribution >= 4 is 17.6 Å². The molecular weight excluding hydrogens is 202 g/mol. The van der Waals surface area contributed by atoms with Gasteiger partial charge in [0.15, 0.2) is 0 Å². The lowest BCUT2D eigenvalue weighted by Gasteiger charge is -2.21. The van der Waals surface area contributed by atoms with Crippen LogP contribution in [0.25, 0.3) is 0 Å². The highest BCUT2D eigenvalue weighted by Crippen LogP contribution is 2.42. The van der Waals surface area contributed by atoms with Gasteiger partial charge in [0.05, 0.1) is 5.92 Å². The molecule has 1 N–H and O–H groups in total. The number of hydrogen-bond donors (Lipinski definition) is 1. The Hall–Kier alpha value is -0.540. The fourth-order valence-electron chi connectivity index (χ4n) is 2.81. The van der Waals surface area contributed by atoms with Crippen LogP contribution in [0.5, 0.6) is 0 Å². The molecule has 14 heavy (non-hydrogen) atoms. The Balaban J connectivity index is 2.08. The van der Waals surface area contributed by atoms with Crippen molar-refractivity contribution in [2.24, 2.45) is 5.92 Å². The van der Waals surface area contributed by atoms with Gasteiger partial charge in [-0.1, -0.05) is 18.2 Å². The molecule has 2 fully saturated rings. The van der Waals surface area contributed by atoms with Crippen LogP contribution in [-0.2, 0) is 4.79 Å². The summed E-state index contributed by atoms with van der Waals surface area (Å²) < 4.78 is 0. The normalized spacial score (nSPS) is 36.2. The van der Waals surface area contributed by atoms with Gasteiger partial charge in [-0.05, 0) is 19.3 Å². The smallest absolute Gasteiger partial charge is 0.308 e. The minimum absolute atomic E-state index is 0.188. The third kappa shape index (κ3) is 1.55. The van der Waals surface area contributed by atoms with Crippen LogP contribution >= 0.6 is 11.6 Å². The van der Waals surface area contributed by atoms with Gasteiger partial charge in [0.2, 0.25) is 0 Å². The number of rotatable bonds is 3. The van der Waals surface area contributed by atoms with E-state index in [-0.39, 0.29) is 12.0 Å². The van der Waals surface area contributed by atoms with Gasteiger partial charge < -0.3 is 5.11 Å². The van der Waals surface area contributed by atoms with Crippen LogP contribution in [0, 0.1) is 5.92 Å². The van der Waals surface area contributed by atoms with Gasteiger partial charge in [-0.25, -0.2) is 0 Å². The van der Waals surface area contributed by atoms with E-state index in [1.165, 1.54) is 0 Å². The van der Waals surface area contributed by atoms with Crippen molar-refractivity contribution in [3.05, 3.63) is 11.6 Å². The Labute approximate surface area is 88.3 Å². The number of hydrogen-bond acceptors (Lipinski definition) is 2. The number of carboxylic acid groups (broad SMARTS) is 1. The summed E-state index contributed by atoms with van der Waals surface area (Å²) in [5, 5.41) is 9.61. The SMILES string of the molecule is C=C(Cl)CN1C2CCC1C(C(=O)O)C2. The summed E-state index contributed by atoms with van der Waals surface area (Å²) in [5.41, 5.74) is 0. The van der Waals surface area contributed by atoms with Crippen molar-refractivity contribution in [3.63, 3.8) is 0 Å². The lowest BCUT2D eigenvalue weighted by atomic mass is 9.89. The third-order valence-corrected chi connectivity index (χ3v) is 3.47. The van der Waals surface area contributed by atoms with Gasteiger partial charge in [0.25, 0.3) is 0 Å². The van der Waals surface area contributed by atoms with Gasteiger partial charge in [-0.2, -0.15) is 0 Å². The summed E-state index contributed by atoms with van der Waals surface area (Å²) in [6, 6.07) is 0.601. The van der Waals surface area contributed by atoms with Gasteiger partial charge in [0.1, 0.15) is 0 Å². The third-order valence-electron chi connectivity index (χ3n) is 3.35. The average Bonchev–Trinajstić information content (AvgIpc) is 2.61. The summed E-state index contributed by atoms with van der Waals surface area (Å²) in [7, 11) is 0. The minimum Gasteiger partial charge on any atom is -0.481 e. The van der Waals surface area contributed by atoms with Crippen LogP contribution in [0.3, 0.4) is 0 Å². The molecule has 2 saturated heterocycles. The molecule has 0 spiro atoms. The molecule has 3 nitrogen and oxygen atoms in total. The first kappa shape index (κ1) is 9.99. The highest BCUT2D eigenvalue weighted by Gasteiger charge is 2.48. The Bertz CT molecular complexity index is 279. The van der Waals surface area contributed by atoms with E-state index in [0.29, 0.717) is 17.6 Å². The van der Waals surface area contributed by atoms with E-state index in [0.717, 1.165) is 19.3 Å². The van der Waals surface area contributed by atoms with Crippen molar-refractivity contribution in [3.8, 4) is 0 Å². The fourth-order valence-corrected chi connectivity index (χ4v) is 2.95. The van der Waals surface area contributed by atoms with E-state index in [9.17, 15) is 4.79 Å². The van der Waals surface area contributed by atoms with Crippen LogP contribution in [0.1, 0.15) is 19.3 Å². The largest absolute Gasteiger partial charge is 0.481 e. The number of nitrogens with zero attached hydrogens (tertiary/aromatic N) is 1. The van der Waals surface area contributed by atoms with Crippen LogP contribution in [0.4, 0.5) is 0 Å². The molecule has 0 radical (unpaired) electrons. The molecule has 3 unspecified atom stereocenters. The standard InChI is InChI=1S/C10H14ClNO2/c1-6(11)5-12-7-2-3-9(12)8(4-7)10(13)14/h7-9H,1-5H2,(H,13,14). The highest BCUT2D eigenvalue weighted by atomic mass is 35.5. The Kier molecular flexibility index (Phi) is 2.54. The Morgan fingerprint density at radius 3 is 2.79 bits per heavy atom. The maximum absolute atomic E-state index is 10.9. The molecule has 0 aromatic carbocycles. The second kappa shape index (κ2) is 3.55. The quantitative estimate of drug-likeness (QED) is 0.779. The Morgan fingerprint density at radius 1 is 1.57 bits per heavy atom. The van der Waals surface area contributed by atoms with Crippen LogP contribution in [0.15, 0.2) is 11.6 Å². The highest BCUT2D eigenvalue weighted by molar-refractivity contribution is 6.29. The van der Waals surface area contributed by atoms with E-state index in [2.05, 4.69) is 11.5 Å². The van der Waals surface area contributed by atoms with E-state index in [1.54, 1.807) is 0 Å². The zero-order chi connectivity index (χ0) is 10.3. The lowest BCUT2D eigenvalue weighted by molar-refractivity contribution is -0.142. The zero-order valence-electron chi connectivity index (χ0n) is 7.95. The number of halogens is 1. The summed E-state index contributed by atoms with van der Waals surface area (Å²) in [4.78, 5) is 13.1. The van der Waals surface area contributed by atoms with E-state index >= 15 is 0 Å². The van der Waals surface area contributed by atoms with E-state index in [1.807, 2.05) is 0 Å². The first-order valence-corrected chi connectivity index (χ1v) is 5.29. The summed E-state index contributed by atoms with van der Waals surface area (Å²) in [6.45, 7) is 4.30. The van der Waals surface area contributed by atoms with Crippen molar-refractivity contribution in [1.82, 2.24) is 4.90 Å². The predicted molar refractivity (Wildman–Crippen MR) is 54.3 cm³/mol. The average molecular weight is 216 g/mol. The van der Waals surface area contributed by atoms with Crippen molar-refractivity contribution in [1.29, 1.82) is 0 Å². The number of carbonyl (C=O) groups is 1. The molecule has 78 valence electrons. The second-order valence-electron chi connectivity index (χ2n) is 4.17. The molecule has 0 aromatic heterocycles. The predicted octanol–water partition coefficient (Wildman–Crippen LogP) is 1.68. The second-order valence-corrected chi connectivity index (χ2v) is 4.70. The summed E-state index contributed by atoms with van der Waals surface area (Å²) >= 11 is 5.76. The van der Waals surface area contributed by atoms with Crippen LogP contribution < -0.4 is 0 Å². The maximum Gasteiger partial charge on any atom is 0.308 e. The number of aliphatic carboxylic acids is 1. The summed E-state index contributed by atoms with van der Waals surface area (Å²) in [5.74, 6) is -0.854. The van der Waals surface area contributed by atoms with E-state index < -0.39 is 5.97 Å². The van der Waals surface area contributed by atoms with E-state index in [4.69, 9.17) is 16.7 Å². The van der Waals surface area contributed by atoms with Gasteiger partial charge in [-0.3, -0.25) is 9.69 Å². The number of carboxylic acids is 1. The van der Waals surface area contributed by atoms with Gasteiger partial charge in [0, 0.05) is 23.7 Å². The van der Waals surface area contributed by atoms with Crippen LogP contribution in [-0.4, -0.2) is 34.6 Å². The van der Waals surface area contributed by atoms with Gasteiger partial charge >= 0.3 is 5.97 Å². The molecule has 0 aliphatic carbocycles. The molecule has 2 bridgehead atoms. The fraction of sp³-hybridized carbons (Fsp3) is 0.700. The monoisotopic (exact) mass is 215 g/mol. The minimum atomic E-state index is -0.664. The van der Waals surface area contributed by atoms with Crippen molar-refractivity contribution in [2.45, 2.75) is 31.3 Å². The molecule has 2 heterocycles.